The number of hydrogen-bond donors (Lipinski definition) is 2. The second kappa shape index (κ2) is 7.94. The third-order valence-corrected chi connectivity index (χ3v) is 9.85. The van der Waals surface area contributed by atoms with Gasteiger partial charge in [-0.25, -0.2) is 0 Å². The summed E-state index contributed by atoms with van der Waals surface area (Å²) in [5.41, 5.74) is 8.55. The maximum Gasteiger partial charge on any atom is 0.133 e. The summed E-state index contributed by atoms with van der Waals surface area (Å²) in [5.74, 6) is 0.920. The van der Waals surface area contributed by atoms with Crippen LogP contribution in [-0.2, 0) is 0 Å². The Labute approximate surface area is 205 Å². The molecule has 0 fully saturated rings. The lowest BCUT2D eigenvalue weighted by atomic mass is 9.97. The second-order valence-electron chi connectivity index (χ2n) is 8.64. The van der Waals surface area contributed by atoms with Crippen molar-refractivity contribution in [3.63, 3.8) is 0 Å². The third-order valence-electron chi connectivity index (χ3n) is 6.42. The minimum atomic E-state index is 0.0447. The summed E-state index contributed by atoms with van der Waals surface area (Å²) >= 11 is 5.43. The van der Waals surface area contributed by atoms with E-state index < -0.39 is 0 Å². The lowest BCUT2D eigenvalue weighted by Gasteiger charge is -2.25. The van der Waals surface area contributed by atoms with Gasteiger partial charge in [0.25, 0.3) is 0 Å². The number of nitrogens with one attached hydrogen (secondary N) is 2. The van der Waals surface area contributed by atoms with Crippen LogP contribution < -0.4 is 10.6 Å². The maximum absolute atomic E-state index is 5.22. The van der Waals surface area contributed by atoms with Gasteiger partial charge >= 0.3 is 0 Å². The van der Waals surface area contributed by atoms with E-state index in [9.17, 15) is 0 Å². The number of amidine groups is 1. The number of rotatable bonds is 3. The Hall–Kier alpha value is -2.74. The van der Waals surface area contributed by atoms with Crippen molar-refractivity contribution < 1.29 is 0 Å². The Kier molecular flexibility index (Phi) is 5.01. The van der Waals surface area contributed by atoms with E-state index in [4.69, 9.17) is 9.98 Å². The number of aliphatic imine (C=N–C) groups is 2. The molecule has 0 radical (unpaired) electrons. The zero-order valence-corrected chi connectivity index (χ0v) is 21.3. The van der Waals surface area contributed by atoms with E-state index in [0.717, 1.165) is 22.8 Å². The molecule has 0 bridgehead atoms. The van der Waals surface area contributed by atoms with Crippen LogP contribution in [0.2, 0.25) is 0 Å². The molecule has 0 amide bonds. The number of thiophene rings is 3. The van der Waals surface area contributed by atoms with Gasteiger partial charge in [-0.05, 0) is 73.3 Å². The van der Waals surface area contributed by atoms with Gasteiger partial charge in [0.15, 0.2) is 0 Å². The van der Waals surface area contributed by atoms with Gasteiger partial charge in [0.05, 0.1) is 16.9 Å². The highest BCUT2D eigenvalue weighted by atomic mass is 32.1. The zero-order chi connectivity index (χ0) is 22.7. The van der Waals surface area contributed by atoms with Crippen LogP contribution >= 0.6 is 34.0 Å². The zero-order valence-electron chi connectivity index (χ0n) is 18.9. The van der Waals surface area contributed by atoms with Gasteiger partial charge in [-0.3, -0.25) is 9.98 Å². The van der Waals surface area contributed by atoms with Crippen LogP contribution in [0.4, 0.5) is 11.4 Å². The van der Waals surface area contributed by atoms with Crippen molar-refractivity contribution in [1.82, 2.24) is 0 Å². The van der Waals surface area contributed by atoms with Crippen molar-refractivity contribution in [1.29, 1.82) is 0 Å². The molecule has 2 aliphatic heterocycles. The highest BCUT2D eigenvalue weighted by Crippen LogP contribution is 2.44. The van der Waals surface area contributed by atoms with Gasteiger partial charge < -0.3 is 10.6 Å². The first-order valence-corrected chi connectivity index (χ1v) is 13.5. The Morgan fingerprint density at radius 3 is 2.48 bits per heavy atom. The molecule has 0 saturated carbocycles. The summed E-state index contributed by atoms with van der Waals surface area (Å²) in [6.07, 6.45) is 1.83. The van der Waals surface area contributed by atoms with Crippen LogP contribution in [0.3, 0.4) is 0 Å². The van der Waals surface area contributed by atoms with Gasteiger partial charge in [-0.15, -0.1) is 34.0 Å². The Balaban J connectivity index is 1.41. The highest BCUT2D eigenvalue weighted by Gasteiger charge is 2.29. The molecule has 33 heavy (non-hydrogen) atoms. The first kappa shape index (κ1) is 20.8. The second-order valence-corrected chi connectivity index (χ2v) is 11.8. The first-order chi connectivity index (χ1) is 16.0. The molecule has 2 atom stereocenters. The summed E-state index contributed by atoms with van der Waals surface area (Å²) in [6, 6.07) is 11.1. The largest absolute Gasteiger partial charge is 0.346 e. The van der Waals surface area contributed by atoms with Crippen molar-refractivity contribution in [3.05, 3.63) is 88.4 Å². The molecule has 2 N–H and O–H groups in total. The molecule has 166 valence electrons. The van der Waals surface area contributed by atoms with Crippen molar-refractivity contribution in [2.24, 2.45) is 9.98 Å². The van der Waals surface area contributed by atoms with E-state index in [2.05, 4.69) is 79.4 Å². The fourth-order valence-electron chi connectivity index (χ4n) is 4.57. The minimum Gasteiger partial charge on any atom is -0.346 e. The average Bonchev–Trinajstić information content (AvgIpc) is 3.51. The molecule has 7 heteroatoms. The molecule has 0 aliphatic carbocycles. The molecule has 4 nitrogen and oxygen atoms in total. The Morgan fingerprint density at radius 1 is 0.848 bits per heavy atom. The molecule has 1 aromatic carbocycles. The maximum atomic E-state index is 5.22. The molecule has 5 heterocycles. The number of nitrogens with zero attached hydrogens (tertiary/aromatic N) is 2. The van der Waals surface area contributed by atoms with Gasteiger partial charge in [-0.1, -0.05) is 12.1 Å². The van der Waals surface area contributed by atoms with E-state index in [1.165, 1.54) is 41.8 Å². The minimum absolute atomic E-state index is 0.0447. The standard InChI is InChI=1S/C26H24N4S3/c1-13-9-15(3)33-23(13)21-18-6-5-17(10-20(18)27-12-28-21)26-29-19-7-8-31-25(19)22(30-26)24-16(4)14(2)11-32-24/h5-12,21-22H,1-4H3,(H,27,28)(H,29,30). The van der Waals surface area contributed by atoms with Gasteiger partial charge in [0.2, 0.25) is 0 Å². The molecule has 4 aromatic rings. The van der Waals surface area contributed by atoms with Crippen molar-refractivity contribution >= 4 is 57.6 Å². The molecule has 2 unspecified atom stereocenters. The number of benzene rings is 1. The molecule has 0 saturated heterocycles. The van der Waals surface area contributed by atoms with E-state index in [-0.39, 0.29) is 12.1 Å². The fourth-order valence-corrected chi connectivity index (χ4v) is 7.76. The first-order valence-electron chi connectivity index (χ1n) is 11.0. The monoisotopic (exact) mass is 488 g/mol. The van der Waals surface area contributed by atoms with Crippen molar-refractivity contribution in [2.75, 3.05) is 10.6 Å². The van der Waals surface area contributed by atoms with Crippen LogP contribution in [0.25, 0.3) is 0 Å². The lowest BCUT2D eigenvalue weighted by molar-refractivity contribution is 0.882. The number of hydrogen-bond acceptors (Lipinski definition) is 7. The quantitative estimate of drug-likeness (QED) is 0.312. The third kappa shape index (κ3) is 3.46. The van der Waals surface area contributed by atoms with Crippen LogP contribution in [-0.4, -0.2) is 12.2 Å². The van der Waals surface area contributed by atoms with Gasteiger partial charge in [0, 0.05) is 31.4 Å². The number of aryl methyl sites for hydroxylation is 3. The molecule has 6 rings (SSSR count). The fraction of sp³-hybridized carbons (Fsp3) is 0.231. The summed E-state index contributed by atoms with van der Waals surface area (Å²) in [4.78, 5) is 15.3. The average molecular weight is 489 g/mol. The normalized spacial score (nSPS) is 18.8. The summed E-state index contributed by atoms with van der Waals surface area (Å²) < 4.78 is 0. The van der Waals surface area contributed by atoms with Crippen LogP contribution in [0, 0.1) is 27.7 Å². The summed E-state index contributed by atoms with van der Waals surface area (Å²) in [5, 5.41) is 11.4. The smallest absolute Gasteiger partial charge is 0.133 e. The Bertz CT molecular complexity index is 1440. The van der Waals surface area contributed by atoms with Crippen LogP contribution in [0.5, 0.6) is 0 Å². The summed E-state index contributed by atoms with van der Waals surface area (Å²) in [7, 11) is 0. The highest BCUT2D eigenvalue weighted by molar-refractivity contribution is 7.12. The molecular weight excluding hydrogens is 465 g/mol. The van der Waals surface area contributed by atoms with Crippen molar-refractivity contribution in [3.8, 4) is 0 Å². The van der Waals surface area contributed by atoms with Crippen LogP contribution in [0.15, 0.2) is 51.1 Å². The van der Waals surface area contributed by atoms with E-state index in [0.29, 0.717) is 0 Å². The number of anilines is 2. The van der Waals surface area contributed by atoms with Crippen molar-refractivity contribution in [2.45, 2.75) is 39.8 Å². The summed E-state index contributed by atoms with van der Waals surface area (Å²) in [6.45, 7) is 8.73. The molecule has 3 aromatic heterocycles. The molecule has 0 spiro atoms. The van der Waals surface area contributed by atoms with E-state index >= 15 is 0 Å². The Morgan fingerprint density at radius 2 is 1.73 bits per heavy atom. The van der Waals surface area contributed by atoms with Crippen LogP contribution in [0.1, 0.15) is 59.4 Å². The van der Waals surface area contributed by atoms with Gasteiger partial charge in [-0.2, -0.15) is 0 Å². The van der Waals surface area contributed by atoms with E-state index in [1.807, 2.05) is 29.0 Å². The van der Waals surface area contributed by atoms with Gasteiger partial charge in [0.1, 0.15) is 17.9 Å². The van der Waals surface area contributed by atoms with E-state index in [1.54, 1.807) is 11.3 Å². The predicted octanol–water partition coefficient (Wildman–Crippen LogP) is 7.61. The lowest BCUT2D eigenvalue weighted by Crippen LogP contribution is -2.21. The molecule has 2 aliphatic rings. The topological polar surface area (TPSA) is 48.8 Å². The number of fused-ring (bicyclic) bond motifs is 2. The molecular formula is C26H24N4S3. The predicted molar refractivity (Wildman–Crippen MR) is 144 cm³/mol. The SMILES string of the molecule is Cc1cc(C)c(C2N=CNc3cc(C4=NC(c5scc(C)c5C)c5sccc5N4)ccc32)s1.